The molecule has 1 fully saturated rings. The first-order valence-electron chi connectivity index (χ1n) is 13.7. The summed E-state index contributed by atoms with van der Waals surface area (Å²) in [4.78, 5) is 26.5. The fourth-order valence-electron chi connectivity index (χ4n) is 4.66. The van der Waals surface area contributed by atoms with Gasteiger partial charge in [-0.1, -0.05) is 26.8 Å². The van der Waals surface area contributed by atoms with Crippen molar-refractivity contribution in [3.8, 4) is 10.4 Å². The highest BCUT2D eigenvalue weighted by atomic mass is 32.2. The van der Waals surface area contributed by atoms with Crippen molar-refractivity contribution < 1.29 is 17.9 Å². The van der Waals surface area contributed by atoms with Crippen molar-refractivity contribution in [3.63, 3.8) is 0 Å². The van der Waals surface area contributed by atoms with Crippen molar-refractivity contribution in [2.24, 2.45) is 0 Å². The number of nitrogens with one attached hydrogen (secondary N) is 3. The van der Waals surface area contributed by atoms with Crippen LogP contribution in [0.1, 0.15) is 83.0 Å². The summed E-state index contributed by atoms with van der Waals surface area (Å²) >= 11 is 1.52. The molecule has 1 aliphatic carbocycles. The number of thiazole rings is 1. The van der Waals surface area contributed by atoms with Gasteiger partial charge in [0, 0.05) is 48.1 Å². The van der Waals surface area contributed by atoms with E-state index in [0.29, 0.717) is 22.9 Å². The molecule has 0 spiro atoms. The van der Waals surface area contributed by atoms with Crippen molar-refractivity contribution >= 4 is 39.0 Å². The van der Waals surface area contributed by atoms with Crippen LogP contribution in [0.25, 0.3) is 10.4 Å². The molecule has 0 bridgehead atoms. The van der Waals surface area contributed by atoms with E-state index >= 15 is 0 Å². The number of alkyl carbamates (subject to hydrolysis) is 1. The zero-order valence-electron chi connectivity index (χ0n) is 23.6. The second kappa shape index (κ2) is 13.0. The Morgan fingerprint density at radius 3 is 2.52 bits per heavy atom. The lowest BCUT2D eigenvalue weighted by Crippen LogP contribution is -2.38. The smallest absolute Gasteiger partial charge is 0.407 e. The molecule has 0 unspecified atom stereocenters. The van der Waals surface area contributed by atoms with Gasteiger partial charge in [0.25, 0.3) is 0 Å². The standard InChI is InChI=1S/C28H38N6O4S2/c1-6-31-40(36,37)24-15-21(32-25-13-14-29-26(34-25)17(2)3)11-12-22(24)23-16-30-27(39-23)19-7-9-20(10-8-19)33-28(35)38-18(4)5/h11-20,31H,6-10H2,1-5H3,(H,33,35)(H,29,32,34)/t19-,20-. The Morgan fingerprint density at radius 2 is 1.85 bits per heavy atom. The Hall–Kier alpha value is -3.09. The molecule has 0 atom stereocenters. The van der Waals surface area contributed by atoms with Crippen LogP contribution < -0.4 is 15.4 Å². The predicted octanol–water partition coefficient (Wildman–Crippen LogP) is 5.93. The highest BCUT2D eigenvalue weighted by Gasteiger charge is 2.27. The van der Waals surface area contributed by atoms with Crippen molar-refractivity contribution in [2.75, 3.05) is 11.9 Å². The molecule has 3 N–H and O–H groups in total. The molecule has 10 nitrogen and oxygen atoms in total. The van der Waals surface area contributed by atoms with E-state index in [2.05, 4.69) is 30.3 Å². The van der Waals surface area contributed by atoms with Gasteiger partial charge in [-0.3, -0.25) is 0 Å². The molecule has 4 rings (SSSR count). The first-order chi connectivity index (χ1) is 19.1. The average molecular weight is 587 g/mol. The molecule has 1 amide bonds. The van der Waals surface area contributed by atoms with E-state index in [1.54, 1.807) is 31.5 Å². The maximum absolute atomic E-state index is 13.2. The van der Waals surface area contributed by atoms with Gasteiger partial charge in [-0.25, -0.2) is 32.9 Å². The van der Waals surface area contributed by atoms with Crippen LogP contribution in [0, 0.1) is 0 Å². The number of carbonyl (C=O) groups is 1. The quantitative estimate of drug-likeness (QED) is 0.266. The summed E-state index contributed by atoms with van der Waals surface area (Å²) < 4.78 is 34.3. The lowest BCUT2D eigenvalue weighted by Gasteiger charge is -2.28. The predicted molar refractivity (Wildman–Crippen MR) is 158 cm³/mol. The van der Waals surface area contributed by atoms with Crippen LogP contribution in [-0.2, 0) is 14.8 Å². The van der Waals surface area contributed by atoms with Gasteiger partial charge < -0.3 is 15.4 Å². The molecular formula is C28H38N6O4S2. The van der Waals surface area contributed by atoms with E-state index < -0.39 is 10.0 Å². The van der Waals surface area contributed by atoms with Crippen LogP contribution in [0.2, 0.25) is 0 Å². The first kappa shape index (κ1) is 29.9. The Morgan fingerprint density at radius 1 is 1.10 bits per heavy atom. The summed E-state index contributed by atoms with van der Waals surface area (Å²) in [5.41, 5.74) is 1.22. The topological polar surface area (TPSA) is 135 Å². The average Bonchev–Trinajstić information content (AvgIpc) is 3.39. The Bertz CT molecular complexity index is 1420. The fraction of sp³-hybridized carbons (Fsp3) is 0.500. The summed E-state index contributed by atoms with van der Waals surface area (Å²) in [7, 11) is -3.76. The van der Waals surface area contributed by atoms with Gasteiger partial charge >= 0.3 is 6.09 Å². The fourth-order valence-corrected chi connectivity index (χ4v) is 7.14. The molecule has 3 aromatic rings. The second-order valence-corrected chi connectivity index (χ2v) is 13.3. The van der Waals surface area contributed by atoms with E-state index in [1.165, 1.54) is 11.3 Å². The maximum Gasteiger partial charge on any atom is 0.407 e. The number of nitrogens with zero attached hydrogens (tertiary/aromatic N) is 3. The van der Waals surface area contributed by atoms with Crippen LogP contribution >= 0.6 is 11.3 Å². The number of hydrogen-bond acceptors (Lipinski definition) is 9. The summed E-state index contributed by atoms with van der Waals surface area (Å²) in [6.07, 6.45) is 6.39. The Balaban J connectivity index is 1.53. The van der Waals surface area contributed by atoms with Crippen LogP contribution in [0.5, 0.6) is 0 Å². The zero-order valence-corrected chi connectivity index (χ0v) is 25.2. The minimum atomic E-state index is -3.76. The molecule has 1 aromatic carbocycles. The van der Waals surface area contributed by atoms with Crippen LogP contribution in [-0.4, -0.2) is 48.2 Å². The summed E-state index contributed by atoms with van der Waals surface area (Å²) in [5, 5.41) is 7.16. The monoisotopic (exact) mass is 586 g/mol. The van der Waals surface area contributed by atoms with E-state index in [1.807, 2.05) is 39.8 Å². The second-order valence-electron chi connectivity index (χ2n) is 10.5. The Kier molecular flexibility index (Phi) is 9.75. The van der Waals surface area contributed by atoms with E-state index in [-0.39, 0.29) is 41.5 Å². The van der Waals surface area contributed by atoms with Crippen molar-refractivity contribution in [2.45, 2.75) is 89.2 Å². The van der Waals surface area contributed by atoms with Crippen molar-refractivity contribution in [3.05, 3.63) is 47.5 Å². The number of sulfonamides is 1. The molecule has 0 saturated heterocycles. The number of benzene rings is 1. The molecule has 1 aliphatic rings. The first-order valence-corrected chi connectivity index (χ1v) is 16.0. The van der Waals surface area contributed by atoms with Crippen molar-refractivity contribution in [1.82, 2.24) is 25.0 Å². The normalized spacial score (nSPS) is 17.7. The Labute approximate surface area is 240 Å². The molecule has 0 radical (unpaired) electrons. The highest BCUT2D eigenvalue weighted by Crippen LogP contribution is 2.40. The molecule has 1 saturated carbocycles. The van der Waals surface area contributed by atoms with Gasteiger partial charge in [0.15, 0.2) is 0 Å². The molecule has 2 aromatic heterocycles. The third-order valence-electron chi connectivity index (χ3n) is 6.60. The molecule has 12 heteroatoms. The summed E-state index contributed by atoms with van der Waals surface area (Å²) in [5.74, 6) is 1.74. The van der Waals surface area contributed by atoms with Gasteiger partial charge in [0.2, 0.25) is 10.0 Å². The van der Waals surface area contributed by atoms with Gasteiger partial charge in [-0.05, 0) is 57.7 Å². The number of anilines is 2. The van der Waals surface area contributed by atoms with E-state index in [9.17, 15) is 13.2 Å². The lowest BCUT2D eigenvalue weighted by atomic mass is 9.86. The van der Waals surface area contributed by atoms with Gasteiger partial charge in [0.1, 0.15) is 11.6 Å². The van der Waals surface area contributed by atoms with Crippen LogP contribution in [0.15, 0.2) is 41.6 Å². The molecule has 0 aliphatic heterocycles. The zero-order chi connectivity index (χ0) is 28.9. The van der Waals surface area contributed by atoms with E-state index in [4.69, 9.17) is 4.74 Å². The van der Waals surface area contributed by atoms with Gasteiger partial charge in [-0.15, -0.1) is 11.3 Å². The number of aromatic nitrogens is 3. The van der Waals surface area contributed by atoms with Gasteiger partial charge in [-0.2, -0.15) is 0 Å². The molecular weight excluding hydrogens is 548 g/mol. The van der Waals surface area contributed by atoms with Gasteiger partial charge in [0.05, 0.1) is 20.9 Å². The number of carbonyl (C=O) groups excluding carboxylic acids is 1. The summed E-state index contributed by atoms with van der Waals surface area (Å²) in [6, 6.07) is 7.15. The largest absolute Gasteiger partial charge is 0.447 e. The maximum atomic E-state index is 13.2. The molecule has 216 valence electrons. The minimum absolute atomic E-state index is 0.0883. The van der Waals surface area contributed by atoms with Crippen LogP contribution in [0.3, 0.4) is 0 Å². The minimum Gasteiger partial charge on any atom is -0.447 e. The number of ether oxygens (including phenoxy) is 1. The number of hydrogen-bond donors (Lipinski definition) is 3. The van der Waals surface area contributed by atoms with E-state index in [0.717, 1.165) is 35.6 Å². The highest BCUT2D eigenvalue weighted by molar-refractivity contribution is 7.89. The summed E-state index contributed by atoms with van der Waals surface area (Å²) in [6.45, 7) is 9.73. The SMILES string of the molecule is CCNS(=O)(=O)c1cc(Nc2ccnc(C(C)C)n2)ccc1-c1cnc([C@H]2CC[C@H](NC(=O)OC(C)C)CC2)s1. The lowest BCUT2D eigenvalue weighted by molar-refractivity contribution is 0.109. The molecule has 2 heterocycles. The number of rotatable bonds is 10. The molecule has 40 heavy (non-hydrogen) atoms. The third-order valence-corrected chi connectivity index (χ3v) is 9.38. The van der Waals surface area contributed by atoms with Crippen LogP contribution in [0.4, 0.5) is 16.3 Å². The number of amides is 1. The third kappa shape index (κ3) is 7.55. The van der Waals surface area contributed by atoms with Crippen molar-refractivity contribution in [1.29, 1.82) is 0 Å².